The van der Waals surface area contributed by atoms with E-state index in [2.05, 4.69) is 25.1 Å². The van der Waals surface area contributed by atoms with Gasteiger partial charge in [-0.3, -0.25) is 0 Å². The molecular formula is C7H9N5OS. The van der Waals surface area contributed by atoms with Gasteiger partial charge >= 0.3 is 0 Å². The molecule has 14 heavy (non-hydrogen) atoms. The third-order valence-corrected chi connectivity index (χ3v) is 2.28. The molecule has 2 rings (SSSR count). The van der Waals surface area contributed by atoms with Crippen LogP contribution in [0.15, 0.2) is 10.6 Å². The molecule has 0 bridgehead atoms. The first-order chi connectivity index (χ1) is 6.90. The molecule has 0 unspecified atom stereocenters. The van der Waals surface area contributed by atoms with Crippen LogP contribution in [-0.4, -0.2) is 33.4 Å². The van der Waals surface area contributed by atoms with E-state index in [9.17, 15) is 0 Å². The van der Waals surface area contributed by atoms with Gasteiger partial charge in [0.15, 0.2) is 0 Å². The molecule has 0 amide bonds. The molecule has 2 aromatic heterocycles. The van der Waals surface area contributed by atoms with E-state index in [0.29, 0.717) is 11.8 Å². The summed E-state index contributed by atoms with van der Waals surface area (Å²) in [4.78, 5) is 0.799. The first kappa shape index (κ1) is 9.22. The lowest BCUT2D eigenvalue weighted by atomic mass is 10.4. The molecule has 2 aromatic rings. The van der Waals surface area contributed by atoms with Crippen LogP contribution in [-0.2, 0) is 6.42 Å². The van der Waals surface area contributed by atoms with Gasteiger partial charge in [-0.25, -0.2) is 0 Å². The Labute approximate surface area is 84.5 Å². The average Bonchev–Trinajstić information content (AvgIpc) is 2.85. The summed E-state index contributed by atoms with van der Waals surface area (Å²) in [6.07, 6.45) is 2.34. The van der Waals surface area contributed by atoms with Gasteiger partial charge in [-0.15, -0.1) is 15.3 Å². The quantitative estimate of drug-likeness (QED) is 0.786. The van der Waals surface area contributed by atoms with Crippen molar-refractivity contribution in [3.8, 4) is 10.8 Å². The lowest BCUT2D eigenvalue weighted by molar-refractivity contribution is 0.501. The van der Waals surface area contributed by atoms with E-state index in [4.69, 9.17) is 4.42 Å². The first-order valence-corrected chi connectivity index (χ1v) is 4.92. The van der Waals surface area contributed by atoms with E-state index in [-0.39, 0.29) is 0 Å². The third-order valence-electron chi connectivity index (χ3n) is 1.63. The SMILES string of the molecule is CNCCc1nnc(-c2cnns2)o1. The summed E-state index contributed by atoms with van der Waals surface area (Å²) in [6, 6.07) is 0. The van der Waals surface area contributed by atoms with E-state index in [1.54, 1.807) is 6.20 Å². The summed E-state index contributed by atoms with van der Waals surface area (Å²) in [6.45, 7) is 0.822. The van der Waals surface area contributed by atoms with Crippen molar-refractivity contribution in [2.45, 2.75) is 6.42 Å². The van der Waals surface area contributed by atoms with Crippen molar-refractivity contribution in [1.29, 1.82) is 0 Å². The molecule has 0 aliphatic heterocycles. The summed E-state index contributed by atoms with van der Waals surface area (Å²) in [5, 5.41) is 14.5. The molecule has 7 heteroatoms. The Hall–Kier alpha value is -1.34. The number of nitrogens with zero attached hydrogens (tertiary/aromatic N) is 4. The van der Waals surface area contributed by atoms with Gasteiger partial charge in [-0.05, 0) is 18.6 Å². The van der Waals surface area contributed by atoms with Crippen molar-refractivity contribution in [2.75, 3.05) is 13.6 Å². The second-order valence-corrected chi connectivity index (χ2v) is 3.42. The lowest BCUT2D eigenvalue weighted by Gasteiger charge is -1.91. The van der Waals surface area contributed by atoms with Crippen LogP contribution >= 0.6 is 11.5 Å². The van der Waals surface area contributed by atoms with Crippen molar-refractivity contribution in [3.63, 3.8) is 0 Å². The topological polar surface area (TPSA) is 76.7 Å². The average molecular weight is 211 g/mol. The highest BCUT2D eigenvalue weighted by Crippen LogP contribution is 2.19. The van der Waals surface area contributed by atoms with Crippen molar-refractivity contribution in [3.05, 3.63) is 12.1 Å². The molecule has 0 spiro atoms. The van der Waals surface area contributed by atoms with Crippen LogP contribution in [0.25, 0.3) is 10.8 Å². The van der Waals surface area contributed by atoms with Crippen molar-refractivity contribution >= 4 is 11.5 Å². The number of likely N-dealkylation sites (N-methyl/N-ethyl adjacent to an activating group) is 1. The Morgan fingerprint density at radius 1 is 1.50 bits per heavy atom. The number of rotatable bonds is 4. The fourth-order valence-electron chi connectivity index (χ4n) is 0.948. The molecule has 0 aromatic carbocycles. The Kier molecular flexibility index (Phi) is 2.80. The third kappa shape index (κ3) is 1.94. The maximum absolute atomic E-state index is 5.40. The zero-order valence-electron chi connectivity index (χ0n) is 7.60. The van der Waals surface area contributed by atoms with Gasteiger partial charge < -0.3 is 9.73 Å². The van der Waals surface area contributed by atoms with Gasteiger partial charge in [0, 0.05) is 13.0 Å². The fraction of sp³-hybridized carbons (Fsp3) is 0.429. The van der Waals surface area contributed by atoms with Crippen molar-refractivity contribution in [2.24, 2.45) is 0 Å². The monoisotopic (exact) mass is 211 g/mol. The van der Waals surface area contributed by atoms with Crippen LogP contribution in [0.3, 0.4) is 0 Å². The molecule has 0 radical (unpaired) electrons. The maximum atomic E-state index is 5.40. The highest BCUT2D eigenvalue weighted by molar-refractivity contribution is 7.09. The number of hydrogen-bond donors (Lipinski definition) is 1. The zero-order chi connectivity index (χ0) is 9.80. The summed E-state index contributed by atoms with van der Waals surface area (Å²) in [5.41, 5.74) is 0. The summed E-state index contributed by atoms with van der Waals surface area (Å²) in [7, 11) is 1.88. The molecule has 1 N–H and O–H groups in total. The van der Waals surface area contributed by atoms with E-state index in [1.165, 1.54) is 11.5 Å². The number of nitrogens with one attached hydrogen (secondary N) is 1. The van der Waals surface area contributed by atoms with Gasteiger partial charge in [0.2, 0.25) is 5.89 Å². The van der Waals surface area contributed by atoms with Crippen LogP contribution in [0.2, 0.25) is 0 Å². The largest absolute Gasteiger partial charge is 0.420 e. The fourth-order valence-corrected chi connectivity index (χ4v) is 1.38. The van der Waals surface area contributed by atoms with Crippen LogP contribution in [0.1, 0.15) is 5.89 Å². The Morgan fingerprint density at radius 2 is 2.43 bits per heavy atom. The van der Waals surface area contributed by atoms with Gasteiger partial charge in [-0.1, -0.05) is 4.49 Å². The number of hydrogen-bond acceptors (Lipinski definition) is 7. The molecule has 74 valence electrons. The molecule has 0 fully saturated rings. The van der Waals surface area contributed by atoms with Crippen LogP contribution in [0, 0.1) is 0 Å². The standard InChI is InChI=1S/C7H9N5OS/c1-8-3-2-6-10-11-7(13-6)5-4-9-12-14-5/h4,8H,2-3H2,1H3. The molecule has 2 heterocycles. The predicted molar refractivity (Wildman–Crippen MR) is 50.8 cm³/mol. The summed E-state index contributed by atoms with van der Waals surface area (Å²) >= 11 is 1.24. The van der Waals surface area contributed by atoms with Crippen molar-refractivity contribution < 1.29 is 4.42 Å². The van der Waals surface area contributed by atoms with E-state index in [0.717, 1.165) is 17.8 Å². The Morgan fingerprint density at radius 3 is 3.14 bits per heavy atom. The molecular weight excluding hydrogens is 202 g/mol. The second kappa shape index (κ2) is 4.25. The predicted octanol–water partition coefficient (Wildman–Crippen LogP) is 0.350. The molecule has 0 aliphatic rings. The first-order valence-electron chi connectivity index (χ1n) is 4.15. The van der Waals surface area contributed by atoms with Gasteiger partial charge in [-0.2, -0.15) is 0 Å². The summed E-state index contributed by atoms with van der Waals surface area (Å²) < 4.78 is 9.12. The number of aromatic nitrogens is 4. The Bertz CT molecular complexity index is 384. The maximum Gasteiger partial charge on any atom is 0.261 e. The van der Waals surface area contributed by atoms with Gasteiger partial charge in [0.25, 0.3) is 5.89 Å². The lowest BCUT2D eigenvalue weighted by Crippen LogP contribution is -2.10. The minimum atomic E-state index is 0.492. The molecule has 6 nitrogen and oxygen atoms in total. The van der Waals surface area contributed by atoms with Crippen molar-refractivity contribution in [1.82, 2.24) is 25.1 Å². The highest BCUT2D eigenvalue weighted by Gasteiger charge is 2.09. The van der Waals surface area contributed by atoms with E-state index < -0.39 is 0 Å². The van der Waals surface area contributed by atoms with Gasteiger partial charge in [0.1, 0.15) is 4.88 Å². The second-order valence-electron chi connectivity index (χ2n) is 2.64. The highest BCUT2D eigenvalue weighted by atomic mass is 32.1. The van der Waals surface area contributed by atoms with Crippen LogP contribution in [0.4, 0.5) is 0 Å². The molecule has 0 atom stereocenters. The van der Waals surface area contributed by atoms with E-state index >= 15 is 0 Å². The molecule has 0 aliphatic carbocycles. The summed E-state index contributed by atoms with van der Waals surface area (Å²) in [5.74, 6) is 1.12. The van der Waals surface area contributed by atoms with E-state index in [1.807, 2.05) is 7.05 Å². The Balaban J connectivity index is 2.10. The molecule has 0 saturated carbocycles. The van der Waals surface area contributed by atoms with Crippen LogP contribution < -0.4 is 5.32 Å². The smallest absolute Gasteiger partial charge is 0.261 e. The normalized spacial score (nSPS) is 10.6. The van der Waals surface area contributed by atoms with Gasteiger partial charge in [0.05, 0.1) is 6.20 Å². The minimum absolute atomic E-state index is 0.492. The molecule has 0 saturated heterocycles. The zero-order valence-corrected chi connectivity index (χ0v) is 8.41. The van der Waals surface area contributed by atoms with Crippen LogP contribution in [0.5, 0.6) is 0 Å². The minimum Gasteiger partial charge on any atom is -0.420 e.